The van der Waals surface area contributed by atoms with Gasteiger partial charge in [0.25, 0.3) is 0 Å². The number of pyridine rings is 1. The lowest BCUT2D eigenvalue weighted by atomic mass is 9.89. The van der Waals surface area contributed by atoms with Crippen molar-refractivity contribution in [3.8, 4) is 0 Å². The van der Waals surface area contributed by atoms with Crippen LogP contribution in [0.1, 0.15) is 49.2 Å². The average molecular weight is 407 g/mol. The number of rotatable bonds is 8. The average Bonchev–Trinajstić information content (AvgIpc) is 3.20. The van der Waals surface area contributed by atoms with E-state index >= 15 is 0 Å². The predicted octanol–water partition coefficient (Wildman–Crippen LogP) is 3.27. The molecule has 0 bridgehead atoms. The van der Waals surface area contributed by atoms with Gasteiger partial charge in [0, 0.05) is 25.9 Å². The van der Waals surface area contributed by atoms with Crippen molar-refractivity contribution in [2.75, 3.05) is 19.7 Å². The summed E-state index contributed by atoms with van der Waals surface area (Å²) in [5.41, 5.74) is 3.64. The van der Waals surface area contributed by atoms with Crippen LogP contribution in [-0.2, 0) is 17.7 Å². The minimum absolute atomic E-state index is 0.234. The summed E-state index contributed by atoms with van der Waals surface area (Å²) in [6.45, 7) is 4.88. The summed E-state index contributed by atoms with van der Waals surface area (Å²) < 4.78 is 8.16. The molecule has 0 spiro atoms. The first-order valence-electron chi connectivity index (χ1n) is 10.9. The Kier molecular flexibility index (Phi) is 6.92. The molecular weight excluding hydrogens is 376 g/mol. The Morgan fingerprint density at radius 1 is 1.17 bits per heavy atom. The number of aliphatic imine (C=N–C) groups is 1. The predicted molar refractivity (Wildman–Crippen MR) is 118 cm³/mol. The maximum absolute atomic E-state index is 6.20. The first-order chi connectivity index (χ1) is 14.8. The van der Waals surface area contributed by atoms with Gasteiger partial charge in [0.05, 0.1) is 6.10 Å². The molecule has 0 saturated heterocycles. The molecule has 1 aliphatic carbocycles. The van der Waals surface area contributed by atoms with E-state index < -0.39 is 0 Å². The molecule has 0 aliphatic heterocycles. The normalized spacial score (nSPS) is 16.4. The van der Waals surface area contributed by atoms with Crippen molar-refractivity contribution in [3.63, 3.8) is 0 Å². The van der Waals surface area contributed by atoms with Crippen molar-refractivity contribution >= 4 is 11.6 Å². The van der Waals surface area contributed by atoms with Crippen LogP contribution in [0.5, 0.6) is 0 Å². The number of aryl methyl sites for hydroxylation is 1. The van der Waals surface area contributed by atoms with Gasteiger partial charge in [-0.25, -0.2) is 4.99 Å². The summed E-state index contributed by atoms with van der Waals surface area (Å²) in [6, 6.07) is 14.5. The zero-order chi connectivity index (χ0) is 20.6. The lowest BCUT2D eigenvalue weighted by Crippen LogP contribution is -2.38. The van der Waals surface area contributed by atoms with Gasteiger partial charge >= 0.3 is 0 Å². The largest absolute Gasteiger partial charge is 0.373 e. The molecule has 2 heterocycles. The second-order valence-electron chi connectivity index (χ2n) is 7.47. The molecule has 0 fully saturated rings. The Balaban J connectivity index is 1.25. The number of fused-ring (bicyclic) bond motifs is 2. The van der Waals surface area contributed by atoms with E-state index in [0.717, 1.165) is 50.0 Å². The Hall–Kier alpha value is -2.93. The highest BCUT2D eigenvalue weighted by Gasteiger charge is 2.19. The monoisotopic (exact) mass is 406 g/mol. The van der Waals surface area contributed by atoms with E-state index in [0.29, 0.717) is 6.54 Å². The van der Waals surface area contributed by atoms with Gasteiger partial charge in [0.2, 0.25) is 0 Å². The zero-order valence-corrected chi connectivity index (χ0v) is 17.6. The fourth-order valence-electron chi connectivity index (χ4n) is 3.88. The van der Waals surface area contributed by atoms with Crippen LogP contribution < -0.4 is 10.6 Å². The van der Waals surface area contributed by atoms with Crippen molar-refractivity contribution in [2.24, 2.45) is 4.99 Å². The molecule has 158 valence electrons. The van der Waals surface area contributed by atoms with Gasteiger partial charge in [-0.2, -0.15) is 0 Å². The van der Waals surface area contributed by atoms with Gasteiger partial charge in [-0.1, -0.05) is 30.3 Å². The molecule has 4 rings (SSSR count). The second-order valence-corrected chi connectivity index (χ2v) is 7.47. The van der Waals surface area contributed by atoms with Crippen LogP contribution in [0.25, 0.3) is 5.65 Å². The molecule has 2 aromatic heterocycles. The topological polar surface area (TPSA) is 75.8 Å². The van der Waals surface area contributed by atoms with Crippen molar-refractivity contribution in [2.45, 2.75) is 45.3 Å². The summed E-state index contributed by atoms with van der Waals surface area (Å²) in [6.07, 6.45) is 6.60. The smallest absolute Gasteiger partial charge is 0.191 e. The van der Waals surface area contributed by atoms with Crippen molar-refractivity contribution < 1.29 is 4.74 Å². The van der Waals surface area contributed by atoms with Gasteiger partial charge in [0.15, 0.2) is 17.4 Å². The number of nitrogens with zero attached hydrogens (tertiary/aromatic N) is 4. The van der Waals surface area contributed by atoms with Crippen molar-refractivity contribution in [1.82, 2.24) is 25.2 Å². The lowest BCUT2D eigenvalue weighted by Gasteiger charge is -2.25. The number of hydrogen-bond acceptors (Lipinski definition) is 4. The van der Waals surface area contributed by atoms with Crippen LogP contribution in [0.4, 0.5) is 0 Å². The minimum Gasteiger partial charge on any atom is -0.373 e. The van der Waals surface area contributed by atoms with E-state index in [1.165, 1.54) is 24.0 Å². The fraction of sp³-hybridized carbons (Fsp3) is 0.435. The Labute approximate surface area is 177 Å². The van der Waals surface area contributed by atoms with Gasteiger partial charge in [-0.3, -0.25) is 4.40 Å². The van der Waals surface area contributed by atoms with E-state index in [2.05, 4.69) is 57.0 Å². The van der Waals surface area contributed by atoms with Crippen molar-refractivity contribution in [3.05, 3.63) is 65.6 Å². The summed E-state index contributed by atoms with van der Waals surface area (Å²) >= 11 is 0. The molecule has 1 aliphatic rings. The summed E-state index contributed by atoms with van der Waals surface area (Å²) in [5.74, 6) is 1.61. The third-order valence-electron chi connectivity index (χ3n) is 5.35. The van der Waals surface area contributed by atoms with E-state index in [9.17, 15) is 0 Å². The zero-order valence-electron chi connectivity index (χ0n) is 17.6. The molecule has 7 heteroatoms. The van der Waals surface area contributed by atoms with Gasteiger partial charge in [0.1, 0.15) is 6.54 Å². The van der Waals surface area contributed by atoms with Gasteiger partial charge in [-0.05, 0) is 55.9 Å². The quantitative estimate of drug-likeness (QED) is 0.341. The van der Waals surface area contributed by atoms with E-state index in [1.807, 2.05) is 28.8 Å². The maximum Gasteiger partial charge on any atom is 0.191 e. The van der Waals surface area contributed by atoms with Crippen LogP contribution >= 0.6 is 0 Å². The molecule has 30 heavy (non-hydrogen) atoms. The Bertz CT molecular complexity index is 982. The van der Waals surface area contributed by atoms with Crippen LogP contribution in [-0.4, -0.2) is 40.3 Å². The Morgan fingerprint density at radius 2 is 2.07 bits per heavy atom. The number of ether oxygens (including phenoxy) is 1. The van der Waals surface area contributed by atoms with Crippen molar-refractivity contribution in [1.29, 1.82) is 0 Å². The number of hydrogen-bond donors (Lipinski definition) is 2. The summed E-state index contributed by atoms with van der Waals surface area (Å²) in [5, 5.41) is 15.1. The van der Waals surface area contributed by atoms with Crippen LogP contribution in [0.3, 0.4) is 0 Å². The van der Waals surface area contributed by atoms with Gasteiger partial charge in [-0.15, -0.1) is 10.2 Å². The third-order valence-corrected chi connectivity index (χ3v) is 5.35. The van der Waals surface area contributed by atoms with Gasteiger partial charge < -0.3 is 15.4 Å². The molecule has 1 aromatic carbocycles. The molecule has 0 saturated carbocycles. The molecule has 0 amide bonds. The highest BCUT2D eigenvalue weighted by Crippen LogP contribution is 2.32. The van der Waals surface area contributed by atoms with E-state index in [-0.39, 0.29) is 6.10 Å². The van der Waals surface area contributed by atoms with E-state index in [4.69, 9.17) is 4.74 Å². The SMILES string of the molecule is CCNC(=NCc1nnc2ccccn12)NCCCOC1CCCc2ccccc21. The highest BCUT2D eigenvalue weighted by atomic mass is 16.5. The number of nitrogens with one attached hydrogen (secondary N) is 2. The first kappa shape index (κ1) is 20.3. The molecular formula is C23H30N6O. The molecule has 1 unspecified atom stereocenters. The molecule has 0 radical (unpaired) electrons. The molecule has 2 N–H and O–H groups in total. The summed E-state index contributed by atoms with van der Waals surface area (Å²) in [7, 11) is 0. The molecule has 1 atom stereocenters. The van der Waals surface area contributed by atoms with Crippen LogP contribution in [0, 0.1) is 0 Å². The number of aromatic nitrogens is 3. The van der Waals surface area contributed by atoms with Crippen LogP contribution in [0.2, 0.25) is 0 Å². The van der Waals surface area contributed by atoms with Crippen LogP contribution in [0.15, 0.2) is 53.7 Å². The fourth-order valence-corrected chi connectivity index (χ4v) is 3.88. The minimum atomic E-state index is 0.234. The molecule has 3 aromatic rings. The standard InChI is InChI=1S/C23H30N6O/c1-2-24-23(26-17-22-28-27-21-13-5-6-15-29(21)22)25-14-8-16-30-20-12-7-10-18-9-3-4-11-19(18)20/h3-6,9,11,13,15,20H,2,7-8,10,12,14,16-17H2,1H3,(H2,24,25,26). The second kappa shape index (κ2) is 10.2. The third kappa shape index (κ3) is 4.97. The summed E-state index contributed by atoms with van der Waals surface area (Å²) in [4.78, 5) is 4.65. The number of guanidine groups is 1. The first-order valence-corrected chi connectivity index (χ1v) is 10.9. The maximum atomic E-state index is 6.20. The number of benzene rings is 1. The Morgan fingerprint density at radius 3 is 3.00 bits per heavy atom. The van der Waals surface area contributed by atoms with E-state index in [1.54, 1.807) is 0 Å². The molecule has 7 nitrogen and oxygen atoms in total. The highest BCUT2D eigenvalue weighted by molar-refractivity contribution is 5.79. The lowest BCUT2D eigenvalue weighted by molar-refractivity contribution is 0.0398.